The molecular formula is C17H21ClF2N4O. The molecule has 2 aromatic rings. The third kappa shape index (κ3) is 3.67. The van der Waals surface area contributed by atoms with Crippen molar-refractivity contribution in [3.05, 3.63) is 46.8 Å². The molecular weight excluding hydrogens is 350 g/mol. The van der Waals surface area contributed by atoms with Crippen LogP contribution in [0.25, 0.3) is 5.69 Å². The third-order valence-corrected chi connectivity index (χ3v) is 4.26. The van der Waals surface area contributed by atoms with Gasteiger partial charge < -0.3 is 11.1 Å². The summed E-state index contributed by atoms with van der Waals surface area (Å²) in [5.74, 6) is -2.15. The maximum Gasteiger partial charge on any atom is 0.272 e. The predicted molar refractivity (Wildman–Crippen MR) is 93.4 cm³/mol. The number of rotatable bonds is 4. The molecule has 0 spiro atoms. The Hall–Kier alpha value is -1.99. The predicted octanol–water partition coefficient (Wildman–Crippen LogP) is 2.53. The van der Waals surface area contributed by atoms with Crippen LogP contribution in [-0.4, -0.2) is 27.8 Å². The zero-order chi connectivity index (χ0) is 17.5. The second-order valence-electron chi connectivity index (χ2n) is 6.68. The van der Waals surface area contributed by atoms with Gasteiger partial charge in [0.2, 0.25) is 0 Å². The van der Waals surface area contributed by atoms with Crippen molar-refractivity contribution in [2.24, 2.45) is 5.73 Å². The van der Waals surface area contributed by atoms with E-state index in [1.807, 2.05) is 13.8 Å². The average molecular weight is 371 g/mol. The Morgan fingerprint density at radius 1 is 1.32 bits per heavy atom. The van der Waals surface area contributed by atoms with E-state index in [-0.39, 0.29) is 18.3 Å². The maximum atomic E-state index is 13.5. The van der Waals surface area contributed by atoms with E-state index < -0.39 is 17.2 Å². The molecule has 1 aliphatic carbocycles. The van der Waals surface area contributed by atoms with Gasteiger partial charge in [-0.3, -0.25) is 4.79 Å². The minimum atomic E-state index is -0.940. The van der Waals surface area contributed by atoms with Gasteiger partial charge in [-0.25, -0.2) is 13.5 Å². The second-order valence-corrected chi connectivity index (χ2v) is 6.68. The second kappa shape index (κ2) is 7.09. The Morgan fingerprint density at radius 2 is 2.04 bits per heavy atom. The van der Waals surface area contributed by atoms with Crippen LogP contribution in [0.4, 0.5) is 8.78 Å². The van der Waals surface area contributed by atoms with Gasteiger partial charge in [-0.2, -0.15) is 5.10 Å². The van der Waals surface area contributed by atoms with Crippen LogP contribution >= 0.6 is 12.4 Å². The van der Waals surface area contributed by atoms with Crippen molar-refractivity contribution in [3.63, 3.8) is 0 Å². The Labute approximate surface area is 151 Å². The van der Waals surface area contributed by atoms with Gasteiger partial charge in [-0.15, -0.1) is 12.4 Å². The summed E-state index contributed by atoms with van der Waals surface area (Å²) in [6.45, 7) is 3.96. The molecule has 0 saturated heterocycles. The van der Waals surface area contributed by atoms with Crippen LogP contribution < -0.4 is 11.1 Å². The highest BCUT2D eigenvalue weighted by molar-refractivity contribution is 5.94. The Kier molecular flexibility index (Phi) is 5.49. The van der Waals surface area contributed by atoms with Crippen LogP contribution in [0.3, 0.4) is 0 Å². The first-order chi connectivity index (χ1) is 11.3. The first-order valence-corrected chi connectivity index (χ1v) is 7.91. The summed E-state index contributed by atoms with van der Waals surface area (Å²) in [6, 6.07) is 3.60. The topological polar surface area (TPSA) is 72.9 Å². The van der Waals surface area contributed by atoms with E-state index in [0.29, 0.717) is 17.9 Å². The van der Waals surface area contributed by atoms with Crippen LogP contribution in [0, 0.1) is 11.6 Å². The zero-order valence-electron chi connectivity index (χ0n) is 14.1. The smallest absolute Gasteiger partial charge is 0.272 e. The van der Waals surface area contributed by atoms with Gasteiger partial charge >= 0.3 is 0 Å². The Balaban J connectivity index is 0.00000225. The standard InChI is InChI=1S/C17H20F2N4O.ClH/c1-17(2,9-20)21-16(24)15-11-4-3-5-14(11)23(22-15)10-6-7-12(18)13(19)8-10;/h6-8H,3-5,9,20H2,1-2H3,(H,21,24);1H. The lowest BCUT2D eigenvalue weighted by atomic mass is 10.1. The molecule has 1 aliphatic rings. The van der Waals surface area contributed by atoms with Crippen LogP contribution in [0.5, 0.6) is 0 Å². The van der Waals surface area contributed by atoms with Gasteiger partial charge in [-0.1, -0.05) is 0 Å². The number of carbonyl (C=O) groups is 1. The van der Waals surface area contributed by atoms with E-state index in [1.165, 1.54) is 10.7 Å². The minimum absolute atomic E-state index is 0. The Bertz CT molecular complexity index is 804. The van der Waals surface area contributed by atoms with E-state index in [4.69, 9.17) is 5.73 Å². The fraction of sp³-hybridized carbons (Fsp3) is 0.412. The number of aromatic nitrogens is 2. The average Bonchev–Trinajstić information content (AvgIpc) is 3.11. The van der Waals surface area contributed by atoms with E-state index >= 15 is 0 Å². The molecule has 3 rings (SSSR count). The van der Waals surface area contributed by atoms with Crippen LogP contribution in [0.2, 0.25) is 0 Å². The van der Waals surface area contributed by atoms with Gasteiger partial charge in [0.25, 0.3) is 5.91 Å². The molecule has 0 saturated carbocycles. The van der Waals surface area contributed by atoms with Crippen molar-refractivity contribution in [2.45, 2.75) is 38.6 Å². The number of amides is 1. The molecule has 5 nitrogen and oxygen atoms in total. The summed E-state index contributed by atoms with van der Waals surface area (Å²) in [5, 5.41) is 7.23. The summed E-state index contributed by atoms with van der Waals surface area (Å²) >= 11 is 0. The highest BCUT2D eigenvalue weighted by Gasteiger charge is 2.29. The SMILES string of the molecule is CC(C)(CN)NC(=O)c1nn(-c2ccc(F)c(F)c2)c2c1CCC2.Cl. The van der Waals surface area contributed by atoms with Crippen LogP contribution in [0.1, 0.15) is 42.0 Å². The Morgan fingerprint density at radius 3 is 2.68 bits per heavy atom. The molecule has 1 heterocycles. The molecule has 0 radical (unpaired) electrons. The lowest BCUT2D eigenvalue weighted by molar-refractivity contribution is 0.0909. The molecule has 0 atom stereocenters. The van der Waals surface area contributed by atoms with Gasteiger partial charge in [0.15, 0.2) is 17.3 Å². The molecule has 1 aromatic heterocycles. The summed E-state index contributed by atoms with van der Waals surface area (Å²) in [6.07, 6.45) is 2.39. The first kappa shape index (κ1) is 19.3. The number of nitrogens with zero attached hydrogens (tertiary/aromatic N) is 2. The molecule has 3 N–H and O–H groups in total. The van der Waals surface area contributed by atoms with Crippen molar-refractivity contribution in [1.29, 1.82) is 0 Å². The number of halogens is 3. The number of fused-ring (bicyclic) bond motifs is 1. The highest BCUT2D eigenvalue weighted by atomic mass is 35.5. The third-order valence-electron chi connectivity index (χ3n) is 4.26. The molecule has 0 aliphatic heterocycles. The molecule has 0 unspecified atom stereocenters. The largest absolute Gasteiger partial charge is 0.344 e. The molecule has 8 heteroatoms. The molecule has 25 heavy (non-hydrogen) atoms. The van der Waals surface area contributed by atoms with Crippen LogP contribution in [0.15, 0.2) is 18.2 Å². The summed E-state index contributed by atoms with van der Waals surface area (Å²) in [7, 11) is 0. The zero-order valence-corrected chi connectivity index (χ0v) is 14.9. The molecule has 1 amide bonds. The van der Waals surface area contributed by atoms with Crippen molar-refractivity contribution in [2.75, 3.05) is 6.54 Å². The summed E-state index contributed by atoms with van der Waals surface area (Å²) in [5.41, 5.74) is 7.58. The number of nitrogens with one attached hydrogen (secondary N) is 1. The lowest BCUT2D eigenvalue weighted by Crippen LogP contribution is -2.49. The van der Waals surface area contributed by atoms with Crippen molar-refractivity contribution in [1.82, 2.24) is 15.1 Å². The quantitative estimate of drug-likeness (QED) is 0.868. The van der Waals surface area contributed by atoms with Gasteiger partial charge in [0.1, 0.15) is 0 Å². The van der Waals surface area contributed by atoms with Crippen molar-refractivity contribution >= 4 is 18.3 Å². The van der Waals surface area contributed by atoms with Gasteiger partial charge in [-0.05, 0) is 45.2 Å². The molecule has 0 fully saturated rings. The normalized spacial score (nSPS) is 13.3. The van der Waals surface area contributed by atoms with E-state index in [9.17, 15) is 13.6 Å². The van der Waals surface area contributed by atoms with E-state index in [0.717, 1.165) is 42.7 Å². The lowest BCUT2D eigenvalue weighted by Gasteiger charge is -2.23. The highest BCUT2D eigenvalue weighted by Crippen LogP contribution is 2.28. The van der Waals surface area contributed by atoms with Crippen molar-refractivity contribution < 1.29 is 13.6 Å². The first-order valence-electron chi connectivity index (χ1n) is 7.91. The number of nitrogens with two attached hydrogens (primary N) is 1. The monoisotopic (exact) mass is 370 g/mol. The fourth-order valence-electron chi connectivity index (χ4n) is 2.87. The number of hydrogen-bond donors (Lipinski definition) is 2. The summed E-state index contributed by atoms with van der Waals surface area (Å²) < 4.78 is 28.2. The van der Waals surface area contributed by atoms with E-state index in [2.05, 4.69) is 10.4 Å². The number of carbonyl (C=O) groups excluding carboxylic acids is 1. The fourth-order valence-corrected chi connectivity index (χ4v) is 2.87. The molecule has 0 bridgehead atoms. The number of benzene rings is 1. The van der Waals surface area contributed by atoms with Crippen LogP contribution in [-0.2, 0) is 12.8 Å². The van der Waals surface area contributed by atoms with Crippen molar-refractivity contribution in [3.8, 4) is 5.69 Å². The minimum Gasteiger partial charge on any atom is -0.344 e. The maximum absolute atomic E-state index is 13.5. The van der Waals surface area contributed by atoms with Gasteiger partial charge in [0, 0.05) is 29.4 Å². The van der Waals surface area contributed by atoms with Gasteiger partial charge in [0.05, 0.1) is 5.69 Å². The molecule has 1 aromatic carbocycles. The number of hydrogen-bond acceptors (Lipinski definition) is 3. The summed E-state index contributed by atoms with van der Waals surface area (Å²) in [4.78, 5) is 12.6. The van der Waals surface area contributed by atoms with E-state index in [1.54, 1.807) is 0 Å². The molecule has 136 valence electrons.